The van der Waals surface area contributed by atoms with Crippen molar-refractivity contribution in [1.29, 1.82) is 0 Å². The topological polar surface area (TPSA) is 85.0 Å². The zero-order valence-corrected chi connectivity index (χ0v) is 10.1. The number of amides is 1. The van der Waals surface area contributed by atoms with Crippen LogP contribution in [0, 0.1) is 10.1 Å². The van der Waals surface area contributed by atoms with Gasteiger partial charge in [-0.25, -0.2) is 9.79 Å². The molecule has 1 aromatic carbocycles. The molecule has 2 rings (SSSR count). The second kappa shape index (κ2) is 5.30. The van der Waals surface area contributed by atoms with Gasteiger partial charge in [-0.2, -0.15) is 0 Å². The summed E-state index contributed by atoms with van der Waals surface area (Å²) in [5.41, 5.74) is 0.547. The Labute approximate surface area is 109 Å². The van der Waals surface area contributed by atoms with Crippen LogP contribution in [0.3, 0.4) is 0 Å². The number of hydrogen-bond acceptors (Lipinski definition) is 5. The number of hydrogen-bond donors (Lipinski definition) is 0. The molecule has 0 radical (unpaired) electrons. The largest absolute Gasteiger partial charge is 0.421 e. The lowest BCUT2D eigenvalue weighted by Crippen LogP contribution is -2.34. The molecule has 7 nitrogen and oxygen atoms in total. The molecule has 0 bridgehead atoms. The van der Waals surface area contributed by atoms with Crippen molar-refractivity contribution in [1.82, 2.24) is 4.90 Å². The van der Waals surface area contributed by atoms with Crippen LogP contribution in [0.25, 0.3) is 0 Å². The van der Waals surface area contributed by atoms with Gasteiger partial charge in [-0.05, 0) is 19.1 Å². The van der Waals surface area contributed by atoms with Crippen molar-refractivity contribution < 1.29 is 14.5 Å². The molecule has 7 heteroatoms. The first-order valence-electron chi connectivity index (χ1n) is 5.51. The summed E-state index contributed by atoms with van der Waals surface area (Å²) in [7, 11) is 0. The third kappa shape index (κ3) is 2.95. The highest BCUT2D eigenvalue weighted by Gasteiger charge is 2.20. The number of carbonyl (C=O) groups excluding carboxylic acids is 1. The lowest BCUT2D eigenvalue weighted by atomic mass is 10.3. The van der Waals surface area contributed by atoms with Crippen molar-refractivity contribution in [2.24, 2.45) is 4.99 Å². The molecule has 98 valence electrons. The number of carbonyl (C=O) groups is 1. The Morgan fingerprint density at radius 1 is 1.47 bits per heavy atom. The highest BCUT2D eigenvalue weighted by Crippen LogP contribution is 2.26. The Bertz CT molecular complexity index is 580. The van der Waals surface area contributed by atoms with E-state index in [0.29, 0.717) is 6.54 Å². The van der Waals surface area contributed by atoms with E-state index in [0.717, 1.165) is 5.70 Å². The summed E-state index contributed by atoms with van der Waals surface area (Å²) in [6.07, 6.45) is 2.38. The van der Waals surface area contributed by atoms with Crippen molar-refractivity contribution in [3.8, 4) is 5.75 Å². The van der Waals surface area contributed by atoms with Crippen molar-refractivity contribution in [3.63, 3.8) is 0 Å². The first-order chi connectivity index (χ1) is 9.08. The number of nitro groups is 1. The van der Waals surface area contributed by atoms with Gasteiger partial charge in [0.25, 0.3) is 0 Å². The summed E-state index contributed by atoms with van der Waals surface area (Å²) in [5, 5.41) is 10.8. The third-order valence-electron chi connectivity index (χ3n) is 2.48. The average molecular weight is 261 g/mol. The van der Waals surface area contributed by atoms with E-state index < -0.39 is 11.0 Å². The number of nitro benzene ring substituents is 1. The van der Waals surface area contributed by atoms with Crippen LogP contribution in [0.4, 0.5) is 10.5 Å². The number of rotatable bonds is 2. The van der Waals surface area contributed by atoms with Gasteiger partial charge in [0.15, 0.2) is 0 Å². The number of nitrogens with zero attached hydrogens (tertiary/aromatic N) is 3. The molecule has 0 atom stereocenters. The normalized spacial score (nSPS) is 13.9. The summed E-state index contributed by atoms with van der Waals surface area (Å²) < 4.78 is 5.01. The maximum Gasteiger partial charge on any atom is 0.421 e. The smallest absolute Gasteiger partial charge is 0.403 e. The molecule has 0 fully saturated rings. The van der Waals surface area contributed by atoms with Crippen molar-refractivity contribution >= 4 is 18.1 Å². The van der Waals surface area contributed by atoms with Crippen LogP contribution >= 0.6 is 0 Å². The molecule has 0 aromatic heterocycles. The number of allylic oxidation sites excluding steroid dienone is 1. The minimum atomic E-state index is -0.707. The lowest BCUT2D eigenvalue weighted by molar-refractivity contribution is -0.385. The van der Waals surface area contributed by atoms with E-state index in [1.165, 1.54) is 29.4 Å². The fourth-order valence-electron chi connectivity index (χ4n) is 1.46. The highest BCUT2D eigenvalue weighted by molar-refractivity contribution is 5.85. The molecular formula is C12H11N3O4. The maximum atomic E-state index is 11.8. The summed E-state index contributed by atoms with van der Waals surface area (Å²) in [5.74, 6) is -0.0859. The van der Waals surface area contributed by atoms with Gasteiger partial charge in [-0.15, -0.1) is 0 Å². The molecule has 0 saturated heterocycles. The first-order valence-corrected chi connectivity index (χ1v) is 5.51. The van der Waals surface area contributed by atoms with Gasteiger partial charge in [-0.1, -0.05) is 12.1 Å². The second-order valence-electron chi connectivity index (χ2n) is 3.84. The van der Waals surface area contributed by atoms with Gasteiger partial charge in [0.05, 0.1) is 11.5 Å². The molecule has 0 N–H and O–H groups in total. The average Bonchev–Trinajstić information content (AvgIpc) is 2.39. The van der Waals surface area contributed by atoms with E-state index in [-0.39, 0.29) is 11.4 Å². The van der Waals surface area contributed by atoms with Crippen LogP contribution in [0.15, 0.2) is 41.0 Å². The van der Waals surface area contributed by atoms with E-state index in [2.05, 4.69) is 4.99 Å². The monoisotopic (exact) mass is 261 g/mol. The van der Waals surface area contributed by atoms with E-state index in [1.807, 2.05) is 0 Å². The Hall–Kier alpha value is -2.70. The predicted octanol–water partition coefficient (Wildman–Crippen LogP) is 2.34. The molecular weight excluding hydrogens is 250 g/mol. The van der Waals surface area contributed by atoms with Crippen LogP contribution in [0.2, 0.25) is 0 Å². The van der Waals surface area contributed by atoms with E-state index >= 15 is 0 Å². The standard InChI is InChI=1S/C12H11N3O4/c1-9-6-7-14(8-13-9)12(16)19-11-5-3-2-4-10(11)15(17)18/h2-6,8H,7H2,1H3. The summed E-state index contributed by atoms with van der Waals surface area (Å²) >= 11 is 0. The molecule has 0 saturated carbocycles. The second-order valence-corrected chi connectivity index (χ2v) is 3.84. The quantitative estimate of drug-likeness (QED) is 0.604. The number of para-hydroxylation sites is 2. The highest BCUT2D eigenvalue weighted by atomic mass is 16.6. The number of aliphatic imine (C=N–C) groups is 1. The fraction of sp³-hybridized carbons (Fsp3) is 0.167. The molecule has 1 aromatic rings. The van der Waals surface area contributed by atoms with Crippen molar-refractivity contribution in [3.05, 3.63) is 46.2 Å². The molecule has 0 aliphatic carbocycles. The van der Waals surface area contributed by atoms with Gasteiger partial charge in [0.1, 0.15) is 6.34 Å². The SMILES string of the molecule is CC1=CCN(C(=O)Oc2ccccc2[N+](=O)[O-])C=N1. The molecule has 1 aliphatic heterocycles. The minimum Gasteiger partial charge on any atom is -0.403 e. The fourth-order valence-corrected chi connectivity index (χ4v) is 1.46. The Kier molecular flexibility index (Phi) is 3.56. The molecule has 1 amide bonds. The van der Waals surface area contributed by atoms with E-state index in [9.17, 15) is 14.9 Å². The van der Waals surface area contributed by atoms with Crippen LogP contribution in [0.5, 0.6) is 5.75 Å². The van der Waals surface area contributed by atoms with Gasteiger partial charge >= 0.3 is 11.8 Å². The van der Waals surface area contributed by atoms with Crippen LogP contribution in [0.1, 0.15) is 6.92 Å². The number of ether oxygens (including phenoxy) is 1. The van der Waals surface area contributed by atoms with Crippen molar-refractivity contribution in [2.45, 2.75) is 6.92 Å². The Morgan fingerprint density at radius 3 is 2.84 bits per heavy atom. The Balaban J connectivity index is 2.12. The molecule has 0 unspecified atom stereocenters. The van der Waals surface area contributed by atoms with Gasteiger partial charge in [0, 0.05) is 11.8 Å². The summed E-state index contributed by atoms with van der Waals surface area (Å²) in [4.78, 5) is 27.2. The van der Waals surface area contributed by atoms with E-state index in [4.69, 9.17) is 4.74 Å². The molecule has 19 heavy (non-hydrogen) atoms. The zero-order chi connectivity index (χ0) is 13.8. The molecule has 1 heterocycles. The number of benzene rings is 1. The maximum absolute atomic E-state index is 11.8. The third-order valence-corrected chi connectivity index (χ3v) is 2.48. The zero-order valence-electron chi connectivity index (χ0n) is 10.1. The molecule has 0 spiro atoms. The molecule has 1 aliphatic rings. The van der Waals surface area contributed by atoms with Gasteiger partial charge in [0.2, 0.25) is 5.75 Å². The predicted molar refractivity (Wildman–Crippen MR) is 68.1 cm³/mol. The van der Waals surface area contributed by atoms with E-state index in [1.54, 1.807) is 19.1 Å². The van der Waals surface area contributed by atoms with Crippen LogP contribution in [-0.4, -0.2) is 28.8 Å². The summed E-state index contributed by atoms with van der Waals surface area (Å²) in [6, 6.07) is 5.71. The lowest BCUT2D eigenvalue weighted by Gasteiger charge is -2.18. The van der Waals surface area contributed by atoms with Gasteiger partial charge in [-0.3, -0.25) is 15.0 Å². The minimum absolute atomic E-state index is 0.0859. The van der Waals surface area contributed by atoms with Crippen molar-refractivity contribution in [2.75, 3.05) is 6.54 Å². The first kappa shape index (κ1) is 12.7. The van der Waals surface area contributed by atoms with Gasteiger partial charge < -0.3 is 4.74 Å². The summed E-state index contributed by atoms with van der Waals surface area (Å²) in [6.45, 7) is 2.13. The Morgan fingerprint density at radius 2 is 2.21 bits per heavy atom. The van der Waals surface area contributed by atoms with Crippen LogP contribution < -0.4 is 4.74 Å². The van der Waals surface area contributed by atoms with Crippen LogP contribution in [-0.2, 0) is 0 Å².